The van der Waals surface area contributed by atoms with Crippen LogP contribution in [0.2, 0.25) is 32.7 Å². The summed E-state index contributed by atoms with van der Waals surface area (Å²) in [6, 6.07) is 0. The molecule has 0 spiro atoms. The molecule has 0 aliphatic heterocycles. The molecule has 0 aromatic rings. The molecule has 0 radical (unpaired) electrons. The fourth-order valence-electron chi connectivity index (χ4n) is 3.42. The molecule has 3 heteroatoms. The van der Waals surface area contributed by atoms with Crippen LogP contribution in [0.15, 0.2) is 22.4 Å². The molecule has 0 aromatic carbocycles. The van der Waals surface area contributed by atoms with Crippen LogP contribution in [0.3, 0.4) is 0 Å². The molecule has 1 aliphatic rings. The van der Waals surface area contributed by atoms with E-state index in [1.165, 1.54) is 6.42 Å². The zero-order valence-electron chi connectivity index (χ0n) is 14.4. The van der Waals surface area contributed by atoms with E-state index in [0.29, 0.717) is 11.8 Å². The fraction of sp³-hybridized carbons (Fsp3) is 0.750. The van der Waals surface area contributed by atoms with E-state index < -0.39 is 16.5 Å². The number of hydrogen-bond donors (Lipinski definition) is 1. The third kappa shape index (κ3) is 4.17. The molecule has 0 unspecified atom stereocenters. The minimum atomic E-state index is -1.53. The molecule has 0 bridgehead atoms. The first kappa shape index (κ1) is 16.9. The number of hydrogen-bond acceptors (Lipinski definition) is 1. The topological polar surface area (TPSA) is 12.0 Å². The lowest BCUT2D eigenvalue weighted by Crippen LogP contribution is -2.59. The largest absolute Gasteiger partial charge is 0.356 e. The highest BCUT2D eigenvalue weighted by Crippen LogP contribution is 2.39. The summed E-state index contributed by atoms with van der Waals surface area (Å²) >= 11 is 0. The van der Waals surface area contributed by atoms with Crippen molar-refractivity contribution in [3.8, 4) is 0 Å². The van der Waals surface area contributed by atoms with Crippen molar-refractivity contribution >= 4 is 16.5 Å². The van der Waals surface area contributed by atoms with E-state index >= 15 is 0 Å². The average Bonchev–Trinajstić information content (AvgIpc) is 2.57. The van der Waals surface area contributed by atoms with Gasteiger partial charge in [0.05, 0.1) is 0 Å². The lowest BCUT2D eigenvalue weighted by atomic mass is 10.0. The van der Waals surface area contributed by atoms with Crippen molar-refractivity contribution in [2.75, 3.05) is 0 Å². The van der Waals surface area contributed by atoms with Crippen LogP contribution < -0.4 is 4.65 Å². The van der Waals surface area contributed by atoms with Crippen LogP contribution in [0, 0.1) is 11.8 Å². The van der Waals surface area contributed by atoms with Crippen molar-refractivity contribution in [3.05, 3.63) is 22.4 Å². The van der Waals surface area contributed by atoms with Crippen LogP contribution in [-0.2, 0) is 0 Å². The van der Waals surface area contributed by atoms with E-state index in [1.54, 1.807) is 16.3 Å². The molecule has 1 aliphatic carbocycles. The number of allylic oxidation sites excluding steroid dienone is 4. The van der Waals surface area contributed by atoms with Crippen molar-refractivity contribution in [1.82, 2.24) is 4.65 Å². The molecule has 0 atom stereocenters. The van der Waals surface area contributed by atoms with Crippen LogP contribution in [0.5, 0.6) is 0 Å². The van der Waals surface area contributed by atoms with Crippen molar-refractivity contribution < 1.29 is 0 Å². The molecule has 1 N–H and O–H groups in total. The lowest BCUT2D eigenvalue weighted by Gasteiger charge is -2.36. The highest BCUT2D eigenvalue weighted by Gasteiger charge is 2.37. The summed E-state index contributed by atoms with van der Waals surface area (Å²) in [5.41, 5.74) is 3.33. The van der Waals surface area contributed by atoms with E-state index in [4.69, 9.17) is 0 Å². The van der Waals surface area contributed by atoms with E-state index in [1.807, 2.05) is 0 Å². The molecule has 1 nitrogen and oxygen atoms in total. The Bertz CT molecular complexity index is 395. The van der Waals surface area contributed by atoms with Crippen LogP contribution in [0.1, 0.15) is 34.1 Å². The van der Waals surface area contributed by atoms with Gasteiger partial charge in [0.15, 0.2) is 0 Å². The third-order valence-electron chi connectivity index (χ3n) is 3.78. The molecule has 0 aromatic heterocycles. The lowest BCUT2D eigenvalue weighted by molar-refractivity contribution is 0.745. The van der Waals surface area contributed by atoms with Crippen LogP contribution in [-0.4, -0.2) is 16.5 Å². The summed E-state index contributed by atoms with van der Waals surface area (Å²) in [7, 11) is -2.77. The van der Waals surface area contributed by atoms with E-state index in [2.05, 4.69) is 71.2 Å². The highest BCUT2D eigenvalue weighted by atomic mass is 28.4. The smallest absolute Gasteiger partial charge is 0.145 e. The van der Waals surface area contributed by atoms with Gasteiger partial charge in [0.2, 0.25) is 0 Å². The van der Waals surface area contributed by atoms with E-state index in [0.717, 1.165) is 0 Å². The molecule has 0 heterocycles. The van der Waals surface area contributed by atoms with Gasteiger partial charge in [-0.2, -0.15) is 0 Å². The Morgan fingerprint density at radius 2 is 1.47 bits per heavy atom. The van der Waals surface area contributed by atoms with Crippen molar-refractivity contribution in [2.24, 2.45) is 11.8 Å². The Kier molecular flexibility index (Phi) is 5.08. The van der Waals surface area contributed by atoms with Crippen molar-refractivity contribution in [2.45, 2.75) is 66.9 Å². The van der Waals surface area contributed by atoms with Gasteiger partial charge in [-0.15, -0.1) is 0 Å². The van der Waals surface area contributed by atoms with E-state index in [-0.39, 0.29) is 0 Å². The van der Waals surface area contributed by atoms with Gasteiger partial charge in [-0.3, -0.25) is 0 Å². The average molecular weight is 296 g/mol. The second kappa shape index (κ2) is 5.70. The maximum atomic E-state index is 4.09. The molecule has 1 rings (SSSR count). The third-order valence-corrected chi connectivity index (χ3v) is 11.1. The zero-order chi connectivity index (χ0) is 15.0. The first-order valence-corrected chi connectivity index (χ1v) is 14.2. The Morgan fingerprint density at radius 1 is 0.947 bits per heavy atom. The van der Waals surface area contributed by atoms with Crippen LogP contribution in [0.25, 0.3) is 0 Å². The predicted octanol–water partition coefficient (Wildman–Crippen LogP) is 5.09. The van der Waals surface area contributed by atoms with Gasteiger partial charge in [-0.1, -0.05) is 72.1 Å². The Balaban J connectivity index is 3.23. The molecule has 0 saturated heterocycles. The summed E-state index contributed by atoms with van der Waals surface area (Å²) in [6.45, 7) is 21.7. The Hall–Kier alpha value is -0.126. The van der Waals surface area contributed by atoms with Gasteiger partial charge >= 0.3 is 0 Å². The number of nitrogens with one attached hydrogen (secondary N) is 1. The standard InChI is InChI=1S/C16H33NSi2/c1-12(2)14-10-11-15(13(3)4)16(14)19(8,9)17-18(5,6)7/h10,12-13,17H,11H2,1-9H3. The minimum Gasteiger partial charge on any atom is -0.356 e. The second-order valence-electron chi connectivity index (χ2n) is 8.07. The maximum absolute atomic E-state index is 4.09. The van der Waals surface area contributed by atoms with Gasteiger partial charge in [-0.25, -0.2) is 0 Å². The summed E-state index contributed by atoms with van der Waals surface area (Å²) < 4.78 is 4.09. The minimum absolute atomic E-state index is 0.654. The Morgan fingerprint density at radius 3 is 1.84 bits per heavy atom. The Labute approximate surface area is 122 Å². The first-order chi connectivity index (χ1) is 8.46. The molecule has 0 saturated carbocycles. The fourth-order valence-corrected chi connectivity index (χ4v) is 13.7. The summed E-state index contributed by atoms with van der Waals surface area (Å²) in [5.74, 6) is 1.33. The number of rotatable bonds is 5. The second-order valence-corrected chi connectivity index (χ2v) is 17.3. The molecule has 0 fully saturated rings. The zero-order valence-corrected chi connectivity index (χ0v) is 16.4. The van der Waals surface area contributed by atoms with Crippen LogP contribution >= 0.6 is 0 Å². The maximum Gasteiger partial charge on any atom is 0.145 e. The molecule has 19 heavy (non-hydrogen) atoms. The normalized spacial score (nSPS) is 17.7. The first-order valence-electron chi connectivity index (χ1n) is 7.69. The summed E-state index contributed by atoms with van der Waals surface area (Å²) in [6.07, 6.45) is 3.68. The van der Waals surface area contributed by atoms with Gasteiger partial charge in [0.1, 0.15) is 16.5 Å². The quantitative estimate of drug-likeness (QED) is 0.696. The van der Waals surface area contributed by atoms with Gasteiger partial charge in [-0.05, 0) is 29.0 Å². The van der Waals surface area contributed by atoms with Gasteiger partial charge in [0, 0.05) is 0 Å². The molecular formula is C16H33NSi2. The summed E-state index contributed by atoms with van der Waals surface area (Å²) in [4.78, 5) is 0. The predicted molar refractivity (Wildman–Crippen MR) is 93.4 cm³/mol. The SMILES string of the molecule is CC(C)C1=CCC(C(C)C)=C1[Si](C)(C)N[Si](C)(C)C. The van der Waals surface area contributed by atoms with Gasteiger partial charge < -0.3 is 4.65 Å². The van der Waals surface area contributed by atoms with Crippen LogP contribution in [0.4, 0.5) is 0 Å². The van der Waals surface area contributed by atoms with Gasteiger partial charge in [0.25, 0.3) is 0 Å². The van der Waals surface area contributed by atoms with Crippen molar-refractivity contribution in [1.29, 1.82) is 0 Å². The summed E-state index contributed by atoms with van der Waals surface area (Å²) in [5, 5.41) is 1.74. The molecule has 110 valence electrons. The van der Waals surface area contributed by atoms with Crippen molar-refractivity contribution in [3.63, 3.8) is 0 Å². The van der Waals surface area contributed by atoms with E-state index in [9.17, 15) is 0 Å². The highest BCUT2D eigenvalue weighted by molar-refractivity contribution is 6.94. The molecular weight excluding hydrogens is 262 g/mol. The molecule has 0 amide bonds. The monoisotopic (exact) mass is 295 g/mol.